The minimum Gasteiger partial charge on any atom is -0.370 e. The number of rotatable bonds is 7. The Morgan fingerprint density at radius 3 is 2.41 bits per heavy atom. The zero-order chi connectivity index (χ0) is 20.4. The van der Waals surface area contributed by atoms with Crippen molar-refractivity contribution in [2.75, 3.05) is 0 Å². The number of thiocarbonyl (C=S) groups is 1. The molecule has 2 rings (SSSR count). The van der Waals surface area contributed by atoms with Crippen LogP contribution in [0.3, 0.4) is 0 Å². The molecule has 0 heterocycles. The van der Waals surface area contributed by atoms with Crippen LogP contribution in [0.25, 0.3) is 0 Å². The molecule has 0 saturated carbocycles. The summed E-state index contributed by atoms with van der Waals surface area (Å²) in [6.07, 6.45) is 6.57. The molecule has 0 atom stereocenters. The van der Waals surface area contributed by atoms with E-state index in [0.717, 1.165) is 10.4 Å². The van der Waals surface area contributed by atoms with Crippen molar-refractivity contribution in [1.82, 2.24) is 0 Å². The van der Waals surface area contributed by atoms with Crippen molar-refractivity contribution in [2.45, 2.75) is 52.4 Å². The SMILES string of the molecule is CC(C)c1ccc(C(=O)CC2=CC(=S)CC=C2)c(C(C)C)c1OS(N)(=O)=O. The first-order valence-corrected chi connectivity index (χ1v) is 10.7. The molecule has 146 valence electrons. The van der Waals surface area contributed by atoms with E-state index in [1.165, 1.54) is 0 Å². The third-order valence-corrected chi connectivity index (χ3v) is 4.97. The van der Waals surface area contributed by atoms with Crippen LogP contribution in [0.15, 0.2) is 35.9 Å². The lowest BCUT2D eigenvalue weighted by Crippen LogP contribution is -2.22. The second-order valence-corrected chi connectivity index (χ2v) is 8.90. The topological polar surface area (TPSA) is 86.5 Å². The molecule has 1 aromatic carbocycles. The van der Waals surface area contributed by atoms with Gasteiger partial charge in [-0.15, -0.1) is 0 Å². The van der Waals surface area contributed by atoms with Gasteiger partial charge in [-0.05, 0) is 29.0 Å². The van der Waals surface area contributed by atoms with Gasteiger partial charge in [0, 0.05) is 28.8 Å². The van der Waals surface area contributed by atoms with Gasteiger partial charge in [-0.1, -0.05) is 64.2 Å². The Bertz CT molecular complexity index is 926. The first-order chi connectivity index (χ1) is 12.5. The number of hydrogen-bond donors (Lipinski definition) is 1. The average molecular weight is 408 g/mol. The Morgan fingerprint density at radius 1 is 1.22 bits per heavy atom. The Labute approximate surface area is 166 Å². The first-order valence-electron chi connectivity index (χ1n) is 8.81. The number of nitrogens with two attached hydrogens (primary N) is 1. The molecule has 0 radical (unpaired) electrons. The highest BCUT2D eigenvalue weighted by Crippen LogP contribution is 2.38. The van der Waals surface area contributed by atoms with Gasteiger partial charge in [-0.25, -0.2) is 0 Å². The third-order valence-electron chi connectivity index (χ3n) is 4.29. The summed E-state index contributed by atoms with van der Waals surface area (Å²) in [5.74, 6) is -0.0768. The highest BCUT2D eigenvalue weighted by molar-refractivity contribution is 7.84. The number of carbonyl (C=O) groups excluding carboxylic acids is 1. The van der Waals surface area contributed by atoms with E-state index in [9.17, 15) is 13.2 Å². The van der Waals surface area contributed by atoms with Gasteiger partial charge in [0.1, 0.15) is 0 Å². The molecule has 5 nitrogen and oxygen atoms in total. The summed E-state index contributed by atoms with van der Waals surface area (Å²) in [6, 6.07) is 3.48. The van der Waals surface area contributed by atoms with Crippen LogP contribution in [0.5, 0.6) is 5.75 Å². The fraction of sp³-hybridized carbons (Fsp3) is 0.400. The summed E-state index contributed by atoms with van der Waals surface area (Å²) in [5, 5.41) is 5.13. The lowest BCUT2D eigenvalue weighted by Gasteiger charge is -2.21. The average Bonchev–Trinajstić information content (AvgIpc) is 2.52. The van der Waals surface area contributed by atoms with E-state index >= 15 is 0 Å². The van der Waals surface area contributed by atoms with Crippen LogP contribution in [0, 0.1) is 0 Å². The van der Waals surface area contributed by atoms with E-state index in [2.05, 4.69) is 0 Å². The van der Waals surface area contributed by atoms with Crippen LogP contribution in [-0.4, -0.2) is 19.1 Å². The normalized spacial score (nSPS) is 14.6. The molecule has 1 aliphatic rings. The molecule has 1 aromatic rings. The molecule has 7 heteroatoms. The van der Waals surface area contributed by atoms with Crippen LogP contribution in [0.2, 0.25) is 0 Å². The zero-order valence-corrected chi connectivity index (χ0v) is 17.6. The van der Waals surface area contributed by atoms with Crippen molar-refractivity contribution in [3.8, 4) is 5.75 Å². The highest BCUT2D eigenvalue weighted by atomic mass is 32.2. The number of ketones is 1. The van der Waals surface area contributed by atoms with Gasteiger partial charge >= 0.3 is 10.3 Å². The zero-order valence-electron chi connectivity index (χ0n) is 16.0. The van der Waals surface area contributed by atoms with E-state index in [0.29, 0.717) is 23.1 Å². The van der Waals surface area contributed by atoms with Crippen molar-refractivity contribution in [3.63, 3.8) is 0 Å². The number of carbonyl (C=O) groups is 1. The molecule has 2 N–H and O–H groups in total. The van der Waals surface area contributed by atoms with Gasteiger partial charge in [0.25, 0.3) is 0 Å². The van der Waals surface area contributed by atoms with Crippen LogP contribution >= 0.6 is 12.2 Å². The number of Topliss-reactive ketones (excluding diaryl/α,β-unsaturated/α-hetero) is 1. The molecule has 27 heavy (non-hydrogen) atoms. The van der Waals surface area contributed by atoms with Crippen molar-refractivity contribution >= 4 is 33.2 Å². The van der Waals surface area contributed by atoms with Crippen molar-refractivity contribution < 1.29 is 17.4 Å². The fourth-order valence-corrected chi connectivity index (χ4v) is 3.79. The summed E-state index contributed by atoms with van der Waals surface area (Å²) in [6.45, 7) is 7.63. The number of benzene rings is 1. The van der Waals surface area contributed by atoms with Gasteiger partial charge < -0.3 is 4.18 Å². The van der Waals surface area contributed by atoms with E-state index in [4.69, 9.17) is 21.5 Å². The lowest BCUT2D eigenvalue weighted by molar-refractivity contribution is 0.0992. The number of allylic oxidation sites excluding steroid dienone is 4. The maximum atomic E-state index is 13.0. The van der Waals surface area contributed by atoms with Gasteiger partial charge in [0.05, 0.1) is 0 Å². The van der Waals surface area contributed by atoms with Crippen LogP contribution in [0.1, 0.15) is 73.9 Å². The Balaban J connectivity index is 2.56. The molecule has 1 aliphatic carbocycles. The van der Waals surface area contributed by atoms with Gasteiger partial charge in [-0.3, -0.25) is 4.79 Å². The molecule has 0 amide bonds. The molecule has 0 aromatic heterocycles. The Morgan fingerprint density at radius 2 is 1.89 bits per heavy atom. The molecular formula is C20H25NO4S2. The predicted octanol–water partition coefficient (Wildman–Crippen LogP) is 4.34. The summed E-state index contributed by atoms with van der Waals surface area (Å²) in [5.41, 5.74) is 2.54. The Kier molecular flexibility index (Phi) is 6.72. The summed E-state index contributed by atoms with van der Waals surface area (Å²) in [7, 11) is -4.22. The molecule has 0 bridgehead atoms. The minimum atomic E-state index is -4.22. The monoisotopic (exact) mass is 407 g/mol. The van der Waals surface area contributed by atoms with Crippen LogP contribution < -0.4 is 9.32 Å². The predicted molar refractivity (Wildman–Crippen MR) is 112 cm³/mol. The van der Waals surface area contributed by atoms with Gasteiger partial charge in [0.2, 0.25) is 0 Å². The van der Waals surface area contributed by atoms with Crippen molar-refractivity contribution in [1.29, 1.82) is 0 Å². The maximum absolute atomic E-state index is 13.0. The molecular weight excluding hydrogens is 382 g/mol. The second-order valence-electron chi connectivity index (χ2n) is 7.22. The minimum absolute atomic E-state index is 0.00441. The second kappa shape index (κ2) is 8.46. The lowest BCUT2D eigenvalue weighted by atomic mass is 9.87. The fourth-order valence-electron chi connectivity index (χ4n) is 3.13. The largest absolute Gasteiger partial charge is 0.380 e. The van der Waals surface area contributed by atoms with Crippen LogP contribution in [-0.2, 0) is 10.3 Å². The molecule has 0 unspecified atom stereocenters. The smallest absolute Gasteiger partial charge is 0.370 e. The maximum Gasteiger partial charge on any atom is 0.380 e. The van der Waals surface area contributed by atoms with E-state index in [1.807, 2.05) is 45.9 Å². The highest BCUT2D eigenvalue weighted by Gasteiger charge is 2.25. The standard InChI is InChI=1S/C20H25NO4S2/c1-12(2)16-8-9-17(18(22)11-14-6-5-7-15(26)10-14)19(13(3)4)20(16)25-27(21,23)24/h5-6,8-10,12-13H,7,11H2,1-4H3,(H2,21,23,24). The summed E-state index contributed by atoms with van der Waals surface area (Å²) in [4.78, 5) is 13.8. The van der Waals surface area contributed by atoms with Crippen molar-refractivity contribution in [3.05, 3.63) is 52.6 Å². The molecule has 0 fully saturated rings. The first kappa shape index (κ1) is 21.5. The van der Waals surface area contributed by atoms with E-state index in [1.54, 1.807) is 12.1 Å². The summed E-state index contributed by atoms with van der Waals surface area (Å²) < 4.78 is 28.4. The third kappa shape index (κ3) is 5.57. The van der Waals surface area contributed by atoms with E-state index in [-0.39, 0.29) is 29.8 Å². The van der Waals surface area contributed by atoms with Gasteiger partial charge in [-0.2, -0.15) is 13.6 Å². The Hall–Kier alpha value is -1.83. The number of hydrogen-bond acceptors (Lipinski definition) is 5. The quantitative estimate of drug-likeness (QED) is 0.536. The van der Waals surface area contributed by atoms with Gasteiger partial charge in [0.15, 0.2) is 11.5 Å². The molecule has 0 saturated heterocycles. The van der Waals surface area contributed by atoms with Crippen molar-refractivity contribution in [2.24, 2.45) is 5.14 Å². The van der Waals surface area contributed by atoms with Crippen LogP contribution in [0.4, 0.5) is 0 Å². The van der Waals surface area contributed by atoms with E-state index < -0.39 is 10.3 Å². The molecule has 0 spiro atoms. The molecule has 0 aliphatic heterocycles. The summed E-state index contributed by atoms with van der Waals surface area (Å²) >= 11 is 5.21.